The lowest BCUT2D eigenvalue weighted by Crippen LogP contribution is -2.45. The average Bonchev–Trinajstić information content (AvgIpc) is 3.22. The van der Waals surface area contributed by atoms with Crippen LogP contribution in [-0.4, -0.2) is 51.6 Å². The van der Waals surface area contributed by atoms with Crippen molar-refractivity contribution in [1.82, 2.24) is 19.4 Å². The van der Waals surface area contributed by atoms with E-state index in [1.807, 2.05) is 0 Å². The van der Waals surface area contributed by atoms with Crippen molar-refractivity contribution in [1.29, 1.82) is 0 Å². The molecule has 1 aromatic heterocycles. The van der Waals surface area contributed by atoms with E-state index in [4.69, 9.17) is 4.98 Å². The molecular weight excluding hydrogens is 392 g/mol. The van der Waals surface area contributed by atoms with Gasteiger partial charge in [0.2, 0.25) is 0 Å². The predicted octanol–water partition coefficient (Wildman–Crippen LogP) is 5.95. The quantitative estimate of drug-likeness (QED) is 0.500. The second kappa shape index (κ2) is 10.2. The molecule has 0 aliphatic carbocycles. The number of rotatable bonds is 5. The zero-order valence-electron chi connectivity index (χ0n) is 19.7. The van der Waals surface area contributed by atoms with Crippen molar-refractivity contribution >= 4 is 10.8 Å². The van der Waals surface area contributed by atoms with E-state index in [0.29, 0.717) is 0 Å². The second-order valence-electron chi connectivity index (χ2n) is 9.68. The van der Waals surface area contributed by atoms with Crippen molar-refractivity contribution in [3.63, 3.8) is 0 Å². The Bertz CT molecular complexity index is 1000. The Hall–Kier alpha value is -2.17. The molecule has 2 aliphatic heterocycles. The molecule has 3 aromatic rings. The van der Waals surface area contributed by atoms with Crippen LogP contribution < -0.4 is 0 Å². The number of benzene rings is 2. The van der Waals surface area contributed by atoms with Crippen molar-refractivity contribution in [2.24, 2.45) is 0 Å². The Morgan fingerprint density at radius 1 is 0.844 bits per heavy atom. The highest BCUT2D eigenvalue weighted by molar-refractivity contribution is 5.95. The van der Waals surface area contributed by atoms with Gasteiger partial charge in [0.1, 0.15) is 5.82 Å². The molecule has 0 spiro atoms. The Kier molecular flexibility index (Phi) is 6.89. The van der Waals surface area contributed by atoms with Crippen molar-refractivity contribution in [2.75, 3.05) is 26.2 Å². The monoisotopic (exact) mass is 430 g/mol. The first-order chi connectivity index (χ1) is 15.8. The number of hydrogen-bond donors (Lipinski definition) is 0. The van der Waals surface area contributed by atoms with Crippen LogP contribution in [0.1, 0.15) is 57.6 Å². The summed E-state index contributed by atoms with van der Waals surface area (Å²) in [4.78, 5) is 10.6. The van der Waals surface area contributed by atoms with Crippen molar-refractivity contribution < 1.29 is 0 Å². The summed E-state index contributed by atoms with van der Waals surface area (Å²) in [6.45, 7) is 9.17. The van der Waals surface area contributed by atoms with E-state index in [0.717, 1.165) is 25.0 Å². The molecule has 0 bridgehead atoms. The predicted molar refractivity (Wildman–Crippen MR) is 134 cm³/mol. The molecule has 2 aliphatic rings. The van der Waals surface area contributed by atoms with Gasteiger partial charge in [-0.1, -0.05) is 61.7 Å². The number of imidazole rings is 1. The topological polar surface area (TPSA) is 24.3 Å². The molecule has 0 unspecified atom stereocenters. The molecule has 32 heavy (non-hydrogen) atoms. The van der Waals surface area contributed by atoms with E-state index < -0.39 is 0 Å². The summed E-state index contributed by atoms with van der Waals surface area (Å²) in [5.74, 6) is 1.11. The van der Waals surface area contributed by atoms with Crippen LogP contribution in [0.5, 0.6) is 0 Å². The van der Waals surface area contributed by atoms with E-state index in [1.165, 1.54) is 93.2 Å². The Morgan fingerprint density at radius 3 is 2.34 bits per heavy atom. The first-order valence-corrected chi connectivity index (χ1v) is 12.8. The number of aromatic nitrogens is 2. The summed E-state index contributed by atoms with van der Waals surface area (Å²) >= 11 is 0. The molecule has 4 nitrogen and oxygen atoms in total. The smallest absolute Gasteiger partial charge is 0.140 e. The molecule has 170 valence electrons. The maximum Gasteiger partial charge on any atom is 0.140 e. The molecule has 2 saturated heterocycles. The number of fused-ring (bicyclic) bond motifs is 1. The molecule has 0 N–H and O–H groups in total. The largest absolute Gasteiger partial charge is 0.331 e. The number of aryl methyl sites for hydroxylation is 1. The van der Waals surface area contributed by atoms with Gasteiger partial charge in [-0.3, -0.25) is 4.90 Å². The molecule has 5 rings (SSSR count). The van der Waals surface area contributed by atoms with E-state index in [-0.39, 0.29) is 0 Å². The third-order valence-corrected chi connectivity index (χ3v) is 7.55. The highest BCUT2D eigenvalue weighted by Gasteiger charge is 2.25. The van der Waals surface area contributed by atoms with Crippen LogP contribution in [-0.2, 0) is 13.1 Å². The molecule has 0 amide bonds. The Balaban J connectivity index is 1.26. The van der Waals surface area contributed by atoms with Gasteiger partial charge in [-0.25, -0.2) is 4.98 Å². The SMILES string of the molecule is CCn1cc(CN2CCC(N3CCCCCCC3)CC2)nc1-c1cccc2ccccc12. The third kappa shape index (κ3) is 4.77. The van der Waals surface area contributed by atoms with Gasteiger partial charge >= 0.3 is 0 Å². The van der Waals surface area contributed by atoms with Crippen LogP contribution >= 0.6 is 0 Å². The first kappa shape index (κ1) is 21.7. The van der Waals surface area contributed by atoms with Gasteiger partial charge in [-0.2, -0.15) is 0 Å². The molecule has 4 heteroatoms. The molecule has 0 atom stereocenters. The van der Waals surface area contributed by atoms with Crippen LogP contribution in [0, 0.1) is 0 Å². The summed E-state index contributed by atoms with van der Waals surface area (Å²) in [7, 11) is 0. The molecule has 2 fully saturated rings. The minimum absolute atomic E-state index is 0.795. The van der Waals surface area contributed by atoms with Crippen LogP contribution in [0.4, 0.5) is 0 Å². The van der Waals surface area contributed by atoms with Crippen LogP contribution in [0.3, 0.4) is 0 Å². The minimum atomic E-state index is 0.795. The zero-order valence-corrected chi connectivity index (χ0v) is 19.7. The van der Waals surface area contributed by atoms with Crippen LogP contribution in [0.25, 0.3) is 22.2 Å². The molecule has 0 saturated carbocycles. The number of likely N-dealkylation sites (tertiary alicyclic amines) is 2. The zero-order chi connectivity index (χ0) is 21.8. The number of piperidine rings is 1. The lowest BCUT2D eigenvalue weighted by molar-refractivity contribution is 0.0971. The number of nitrogens with zero attached hydrogens (tertiary/aromatic N) is 4. The van der Waals surface area contributed by atoms with Gasteiger partial charge in [-0.15, -0.1) is 0 Å². The van der Waals surface area contributed by atoms with Gasteiger partial charge in [0.05, 0.1) is 5.69 Å². The lowest BCUT2D eigenvalue weighted by Gasteiger charge is -2.39. The second-order valence-corrected chi connectivity index (χ2v) is 9.68. The highest BCUT2D eigenvalue weighted by atomic mass is 15.2. The normalized spacial score (nSPS) is 19.8. The Labute approximate surface area is 193 Å². The molecule has 0 radical (unpaired) electrons. The average molecular weight is 431 g/mol. The molecular formula is C28H38N4. The first-order valence-electron chi connectivity index (χ1n) is 12.8. The van der Waals surface area contributed by atoms with Crippen molar-refractivity contribution in [2.45, 2.75) is 71.0 Å². The van der Waals surface area contributed by atoms with Crippen LogP contribution in [0.2, 0.25) is 0 Å². The van der Waals surface area contributed by atoms with Gasteiger partial charge in [0, 0.05) is 44.0 Å². The summed E-state index contributed by atoms with van der Waals surface area (Å²) in [6.07, 6.45) is 12.0. The van der Waals surface area contributed by atoms with E-state index in [9.17, 15) is 0 Å². The summed E-state index contributed by atoms with van der Waals surface area (Å²) < 4.78 is 2.32. The van der Waals surface area contributed by atoms with Gasteiger partial charge in [0.25, 0.3) is 0 Å². The molecule has 2 aromatic carbocycles. The van der Waals surface area contributed by atoms with E-state index in [2.05, 4.69) is 70.0 Å². The summed E-state index contributed by atoms with van der Waals surface area (Å²) in [5, 5.41) is 2.57. The fraction of sp³-hybridized carbons (Fsp3) is 0.536. The van der Waals surface area contributed by atoms with Crippen LogP contribution in [0.15, 0.2) is 48.7 Å². The maximum absolute atomic E-state index is 5.14. The van der Waals surface area contributed by atoms with Gasteiger partial charge < -0.3 is 9.47 Å². The third-order valence-electron chi connectivity index (χ3n) is 7.55. The fourth-order valence-electron chi connectivity index (χ4n) is 5.73. The number of hydrogen-bond acceptors (Lipinski definition) is 3. The van der Waals surface area contributed by atoms with Crippen molar-refractivity contribution in [3.05, 3.63) is 54.4 Å². The molecule has 3 heterocycles. The van der Waals surface area contributed by atoms with Gasteiger partial charge in [-0.05, 0) is 56.5 Å². The summed E-state index contributed by atoms with van der Waals surface area (Å²) in [6, 6.07) is 16.0. The lowest BCUT2D eigenvalue weighted by atomic mass is 10.00. The standard InChI is InChI=1S/C28H38N4/c1-2-31-22-24(29-28(31)27-14-10-12-23-11-6-7-13-26(23)27)21-30-19-15-25(16-20-30)32-17-8-4-3-5-9-18-32/h6-7,10-14,22,25H,2-5,8-9,15-21H2,1H3. The van der Waals surface area contributed by atoms with Gasteiger partial charge in [0.15, 0.2) is 0 Å². The summed E-state index contributed by atoms with van der Waals surface area (Å²) in [5.41, 5.74) is 2.45. The van der Waals surface area contributed by atoms with E-state index in [1.54, 1.807) is 0 Å². The maximum atomic E-state index is 5.14. The highest BCUT2D eigenvalue weighted by Crippen LogP contribution is 2.29. The fourth-order valence-corrected chi connectivity index (χ4v) is 5.73. The minimum Gasteiger partial charge on any atom is -0.331 e. The van der Waals surface area contributed by atoms with E-state index >= 15 is 0 Å². The Morgan fingerprint density at radius 2 is 1.56 bits per heavy atom. The van der Waals surface area contributed by atoms with Crippen molar-refractivity contribution in [3.8, 4) is 11.4 Å².